The molecule has 0 fully saturated rings. The number of rotatable bonds is 12. The molecule has 12 heteroatoms. The van der Waals surface area contributed by atoms with Crippen LogP contribution in [-0.2, 0) is 24.8 Å². The first kappa shape index (κ1) is 29.7. The summed E-state index contributed by atoms with van der Waals surface area (Å²) in [5.41, 5.74) is 4.59. The first-order valence-corrected chi connectivity index (χ1v) is 14.3. The third kappa shape index (κ3) is 7.02. The Bertz CT molecular complexity index is 1320. The van der Waals surface area contributed by atoms with Crippen molar-refractivity contribution in [2.75, 3.05) is 6.54 Å². The molecule has 0 heterocycles. The SMILES string of the molecule is C=CC(c1ccc(Cl)cc1)S(=O)(=O)NCC(NS(=O)(=O)C(C=C)c1c(C)cc(C)cc1C)C(=O)NO. The van der Waals surface area contributed by atoms with Crippen molar-refractivity contribution < 1.29 is 26.8 Å². The average Bonchev–Trinajstić information content (AvgIpc) is 2.79. The fourth-order valence-electron chi connectivity index (χ4n) is 3.96. The maximum absolute atomic E-state index is 13.3. The average molecular weight is 556 g/mol. The van der Waals surface area contributed by atoms with Gasteiger partial charge in [-0.3, -0.25) is 10.0 Å². The van der Waals surface area contributed by atoms with Crippen LogP contribution in [0, 0.1) is 20.8 Å². The van der Waals surface area contributed by atoms with Crippen molar-refractivity contribution in [3.05, 3.63) is 94.5 Å². The van der Waals surface area contributed by atoms with E-state index in [9.17, 15) is 21.6 Å². The number of hydroxylamine groups is 1. The molecule has 0 aromatic heterocycles. The largest absolute Gasteiger partial charge is 0.289 e. The first-order chi connectivity index (χ1) is 16.8. The van der Waals surface area contributed by atoms with Gasteiger partial charge in [-0.1, -0.05) is 53.6 Å². The van der Waals surface area contributed by atoms with Gasteiger partial charge in [-0.25, -0.2) is 31.8 Å². The number of halogens is 1. The number of nitrogens with one attached hydrogen (secondary N) is 3. The highest BCUT2D eigenvalue weighted by Gasteiger charge is 2.34. The summed E-state index contributed by atoms with van der Waals surface area (Å²) in [6.45, 7) is 11.9. The van der Waals surface area contributed by atoms with Crippen LogP contribution in [0.2, 0.25) is 5.02 Å². The lowest BCUT2D eigenvalue weighted by atomic mass is 9.97. The van der Waals surface area contributed by atoms with Gasteiger partial charge in [-0.05, 0) is 55.2 Å². The number of amides is 1. The van der Waals surface area contributed by atoms with Gasteiger partial charge in [0.25, 0.3) is 5.91 Å². The molecule has 0 radical (unpaired) electrons. The van der Waals surface area contributed by atoms with Gasteiger partial charge in [0.05, 0.1) is 0 Å². The van der Waals surface area contributed by atoms with Crippen molar-refractivity contribution in [2.24, 2.45) is 0 Å². The Morgan fingerprint density at radius 2 is 1.50 bits per heavy atom. The van der Waals surface area contributed by atoms with Gasteiger partial charge in [0, 0.05) is 11.6 Å². The molecule has 0 bridgehead atoms. The summed E-state index contributed by atoms with van der Waals surface area (Å²) in [5, 5.41) is 7.13. The predicted molar refractivity (Wildman–Crippen MR) is 141 cm³/mol. The molecule has 0 spiro atoms. The van der Waals surface area contributed by atoms with E-state index >= 15 is 0 Å². The lowest BCUT2D eigenvalue weighted by Gasteiger charge is -2.24. The molecule has 3 atom stereocenters. The second-order valence-corrected chi connectivity index (χ2v) is 12.4. The highest BCUT2D eigenvalue weighted by atomic mass is 35.5. The molecular formula is C24H30ClN3O6S2. The predicted octanol–water partition coefficient (Wildman–Crippen LogP) is 3.13. The number of carbonyl (C=O) groups excluding carboxylic acids is 1. The van der Waals surface area contributed by atoms with Gasteiger partial charge in [-0.15, -0.1) is 13.2 Å². The van der Waals surface area contributed by atoms with Crippen LogP contribution in [0.3, 0.4) is 0 Å². The fraction of sp³-hybridized carbons (Fsp3) is 0.292. The summed E-state index contributed by atoms with van der Waals surface area (Å²) in [6, 6.07) is 8.04. The summed E-state index contributed by atoms with van der Waals surface area (Å²) in [5.74, 6) is -1.15. The number of carbonyl (C=O) groups is 1. The molecule has 2 rings (SSSR count). The Hall–Kier alpha value is -2.54. The molecule has 196 valence electrons. The van der Waals surface area contributed by atoms with E-state index in [0.717, 1.165) is 5.56 Å². The van der Waals surface area contributed by atoms with Crippen molar-refractivity contribution in [2.45, 2.75) is 37.3 Å². The van der Waals surface area contributed by atoms with Crippen LogP contribution in [0.4, 0.5) is 0 Å². The van der Waals surface area contributed by atoms with Crippen molar-refractivity contribution in [1.29, 1.82) is 0 Å². The van der Waals surface area contributed by atoms with Gasteiger partial charge in [0.15, 0.2) is 0 Å². The molecule has 0 aliphatic rings. The molecule has 0 aliphatic heterocycles. The van der Waals surface area contributed by atoms with E-state index in [4.69, 9.17) is 16.8 Å². The summed E-state index contributed by atoms with van der Waals surface area (Å²) in [7, 11) is -8.45. The smallest absolute Gasteiger partial charge is 0.262 e. The van der Waals surface area contributed by atoms with E-state index in [2.05, 4.69) is 22.6 Å². The molecule has 0 aliphatic carbocycles. The molecule has 4 N–H and O–H groups in total. The normalized spacial score (nSPS) is 14.5. The van der Waals surface area contributed by atoms with Gasteiger partial charge in [-0.2, -0.15) is 0 Å². The van der Waals surface area contributed by atoms with E-state index in [1.54, 1.807) is 13.8 Å². The van der Waals surface area contributed by atoms with Crippen LogP contribution in [0.1, 0.15) is 38.3 Å². The third-order valence-electron chi connectivity index (χ3n) is 5.54. The molecule has 1 amide bonds. The van der Waals surface area contributed by atoms with E-state index in [0.29, 0.717) is 27.3 Å². The number of hydrogen-bond donors (Lipinski definition) is 4. The first-order valence-electron chi connectivity index (χ1n) is 10.8. The van der Waals surface area contributed by atoms with Gasteiger partial charge in [0.2, 0.25) is 20.0 Å². The van der Waals surface area contributed by atoms with Gasteiger partial charge >= 0.3 is 0 Å². The topological polar surface area (TPSA) is 142 Å². The zero-order chi connectivity index (χ0) is 27.3. The van der Waals surface area contributed by atoms with Crippen LogP contribution in [0.5, 0.6) is 0 Å². The lowest BCUT2D eigenvalue weighted by Crippen LogP contribution is -2.53. The van der Waals surface area contributed by atoms with Crippen molar-refractivity contribution in [3.8, 4) is 0 Å². The molecule has 0 saturated carbocycles. The van der Waals surface area contributed by atoms with Crippen LogP contribution in [0.25, 0.3) is 0 Å². The highest BCUT2D eigenvalue weighted by Crippen LogP contribution is 2.30. The Labute approximate surface area is 217 Å². The number of hydrogen-bond acceptors (Lipinski definition) is 6. The third-order valence-corrected chi connectivity index (χ3v) is 9.20. The summed E-state index contributed by atoms with van der Waals surface area (Å²) < 4.78 is 56.9. The highest BCUT2D eigenvalue weighted by molar-refractivity contribution is 7.90. The second kappa shape index (κ2) is 12.1. The van der Waals surface area contributed by atoms with Crippen LogP contribution in [0.15, 0.2) is 61.7 Å². The number of aryl methyl sites for hydroxylation is 3. The van der Waals surface area contributed by atoms with Gasteiger partial charge in [0.1, 0.15) is 16.5 Å². The summed E-state index contributed by atoms with van der Waals surface area (Å²) in [6.07, 6.45) is 2.41. The Balaban J connectivity index is 2.33. The van der Waals surface area contributed by atoms with Gasteiger partial charge < -0.3 is 0 Å². The molecule has 9 nitrogen and oxygen atoms in total. The van der Waals surface area contributed by atoms with E-state index in [-0.39, 0.29) is 0 Å². The minimum Gasteiger partial charge on any atom is -0.289 e. The molecule has 3 unspecified atom stereocenters. The molecule has 2 aromatic rings. The van der Waals surface area contributed by atoms with Crippen LogP contribution >= 0.6 is 11.6 Å². The standard InChI is InChI=1S/C24H30ClN3O6S2/c1-6-21(18-8-10-19(25)11-9-18)35(31,32)26-14-20(24(29)27-30)28-36(33,34)22(7-2)23-16(4)12-15(3)13-17(23)5/h6-13,20-22,26,28,30H,1-2,14H2,3-5H3,(H,27,29). The number of sulfonamides is 2. The summed E-state index contributed by atoms with van der Waals surface area (Å²) in [4.78, 5) is 12.3. The minimum atomic E-state index is -4.30. The zero-order valence-corrected chi connectivity index (χ0v) is 22.5. The van der Waals surface area contributed by atoms with Crippen molar-refractivity contribution >= 4 is 37.6 Å². The maximum atomic E-state index is 13.3. The Morgan fingerprint density at radius 1 is 0.972 bits per heavy atom. The van der Waals surface area contributed by atoms with E-state index < -0.39 is 49.0 Å². The minimum absolute atomic E-state index is 0.364. The summed E-state index contributed by atoms with van der Waals surface area (Å²) >= 11 is 5.87. The van der Waals surface area contributed by atoms with E-state index in [1.807, 2.05) is 19.1 Å². The zero-order valence-electron chi connectivity index (χ0n) is 20.2. The Morgan fingerprint density at radius 3 is 1.97 bits per heavy atom. The molecule has 36 heavy (non-hydrogen) atoms. The molecular weight excluding hydrogens is 526 g/mol. The Kier molecular flexibility index (Phi) is 10.0. The second-order valence-electron chi connectivity index (χ2n) is 8.26. The fourth-order valence-corrected chi connectivity index (χ4v) is 7.10. The van der Waals surface area contributed by atoms with Crippen LogP contribution < -0.4 is 14.9 Å². The van der Waals surface area contributed by atoms with Crippen LogP contribution in [-0.4, -0.2) is 40.5 Å². The monoisotopic (exact) mass is 555 g/mol. The molecule has 2 aromatic carbocycles. The van der Waals surface area contributed by atoms with Crippen molar-refractivity contribution in [1.82, 2.24) is 14.9 Å². The lowest BCUT2D eigenvalue weighted by molar-refractivity contribution is -0.130. The van der Waals surface area contributed by atoms with E-state index in [1.165, 1.54) is 41.9 Å². The molecule has 0 saturated heterocycles. The quantitative estimate of drug-likeness (QED) is 0.180. The van der Waals surface area contributed by atoms with Crippen molar-refractivity contribution in [3.63, 3.8) is 0 Å². The maximum Gasteiger partial charge on any atom is 0.262 e. The number of benzene rings is 2.